The smallest absolute Gasteiger partial charge is 0.332 e. The number of fused-ring (bicyclic) bond motifs is 1. The lowest BCUT2D eigenvalue weighted by Crippen LogP contribution is -2.27. The zero-order chi connectivity index (χ0) is 15.3. The molecular weight excluding hydrogens is 282 g/mol. The molecule has 3 rings (SSSR count). The van der Waals surface area contributed by atoms with Crippen LogP contribution >= 0.6 is 0 Å². The maximum Gasteiger partial charge on any atom is 0.332 e. The van der Waals surface area contributed by atoms with Crippen molar-refractivity contribution in [2.45, 2.75) is 24.9 Å². The van der Waals surface area contributed by atoms with Gasteiger partial charge in [-0.3, -0.25) is 14.3 Å². The van der Waals surface area contributed by atoms with E-state index in [0.29, 0.717) is 0 Å². The van der Waals surface area contributed by atoms with Crippen molar-refractivity contribution in [3.05, 3.63) is 20.8 Å². The maximum atomic E-state index is 12.3. The second kappa shape index (κ2) is 4.69. The third kappa shape index (κ3) is 1.95. The molecule has 0 aliphatic carbocycles. The number of aliphatic hydroxyl groups is 2. The summed E-state index contributed by atoms with van der Waals surface area (Å²) in [5.41, 5.74) is 4.62. The van der Waals surface area contributed by atoms with Gasteiger partial charge in [-0.2, -0.15) is 4.98 Å². The molecule has 0 amide bonds. The minimum atomic E-state index is -0.901. The monoisotopic (exact) mass is 297 g/mol. The summed E-state index contributed by atoms with van der Waals surface area (Å²) in [4.78, 5) is 30.5. The van der Waals surface area contributed by atoms with E-state index in [9.17, 15) is 14.7 Å². The number of aliphatic hydroxyl groups excluding tert-OH is 2. The van der Waals surface area contributed by atoms with Gasteiger partial charge in [-0.1, -0.05) is 0 Å². The van der Waals surface area contributed by atoms with Gasteiger partial charge in [-0.05, 0) is 0 Å². The molecule has 0 aromatic carbocycles. The fourth-order valence-corrected chi connectivity index (χ4v) is 2.59. The fraction of sp³-hybridized carbons (Fsp3) is 0.545. The summed E-state index contributed by atoms with van der Waals surface area (Å²) in [5, 5.41) is 18.9. The molecule has 3 atom stereocenters. The van der Waals surface area contributed by atoms with Crippen LogP contribution in [0.4, 0.5) is 5.95 Å². The average molecular weight is 297 g/mol. The van der Waals surface area contributed by atoms with Crippen LogP contribution in [-0.4, -0.2) is 48.1 Å². The van der Waals surface area contributed by atoms with Crippen molar-refractivity contribution < 1.29 is 14.9 Å². The summed E-state index contributed by atoms with van der Waals surface area (Å²) in [6.45, 7) is -0.368. The number of nitrogens with one attached hydrogen (secondary N) is 1. The van der Waals surface area contributed by atoms with E-state index >= 15 is 0 Å². The van der Waals surface area contributed by atoms with E-state index in [4.69, 9.17) is 15.6 Å². The molecule has 10 nitrogen and oxygen atoms in total. The summed E-state index contributed by atoms with van der Waals surface area (Å²) >= 11 is 0. The van der Waals surface area contributed by atoms with E-state index in [1.165, 1.54) is 11.6 Å². The molecule has 1 aliphatic rings. The van der Waals surface area contributed by atoms with Gasteiger partial charge in [0.15, 0.2) is 11.2 Å². The summed E-state index contributed by atoms with van der Waals surface area (Å²) in [5.74, 6) is -0.121. The van der Waals surface area contributed by atoms with Crippen molar-refractivity contribution >= 4 is 17.1 Å². The van der Waals surface area contributed by atoms with Crippen LogP contribution in [0.2, 0.25) is 0 Å². The highest BCUT2D eigenvalue weighted by Crippen LogP contribution is 2.29. The zero-order valence-electron chi connectivity index (χ0n) is 11.2. The predicted molar refractivity (Wildman–Crippen MR) is 71.6 cm³/mol. The third-order valence-electron chi connectivity index (χ3n) is 3.62. The predicted octanol–water partition coefficient (Wildman–Crippen LogP) is -2.35. The Bertz CT molecular complexity index is 806. The Hall–Kier alpha value is -2.17. The second-order valence-corrected chi connectivity index (χ2v) is 4.95. The summed E-state index contributed by atoms with van der Waals surface area (Å²) in [6, 6.07) is 0. The molecule has 3 unspecified atom stereocenters. The number of hydrogen-bond donors (Lipinski definition) is 4. The van der Waals surface area contributed by atoms with Gasteiger partial charge >= 0.3 is 5.69 Å². The number of imidazole rings is 1. The molecule has 0 radical (unpaired) electrons. The van der Waals surface area contributed by atoms with Gasteiger partial charge in [0, 0.05) is 13.5 Å². The van der Waals surface area contributed by atoms with Crippen LogP contribution in [-0.2, 0) is 11.8 Å². The highest BCUT2D eigenvalue weighted by molar-refractivity contribution is 5.71. The average Bonchev–Trinajstić information content (AvgIpc) is 2.89. The molecular formula is C11H15N5O5. The number of rotatable bonds is 2. The second-order valence-electron chi connectivity index (χ2n) is 4.95. The molecule has 0 bridgehead atoms. The molecule has 0 spiro atoms. The number of aromatic amines is 1. The first-order chi connectivity index (χ1) is 9.93. The minimum Gasteiger partial charge on any atom is -0.394 e. The van der Waals surface area contributed by atoms with Crippen LogP contribution in [0.5, 0.6) is 0 Å². The Balaban J connectivity index is 2.22. The van der Waals surface area contributed by atoms with Crippen molar-refractivity contribution in [3.63, 3.8) is 0 Å². The third-order valence-corrected chi connectivity index (χ3v) is 3.62. The van der Waals surface area contributed by atoms with Crippen molar-refractivity contribution in [3.8, 4) is 0 Å². The quantitative estimate of drug-likeness (QED) is 0.484. The van der Waals surface area contributed by atoms with Crippen LogP contribution in [0, 0.1) is 0 Å². The maximum absolute atomic E-state index is 12.3. The number of H-pyrrole nitrogens is 1. The van der Waals surface area contributed by atoms with Crippen LogP contribution in [0.15, 0.2) is 9.59 Å². The zero-order valence-corrected chi connectivity index (χ0v) is 11.2. The molecule has 2 aromatic rings. The van der Waals surface area contributed by atoms with Crippen LogP contribution in [0.25, 0.3) is 11.2 Å². The topological polar surface area (TPSA) is 148 Å². The lowest BCUT2D eigenvalue weighted by Gasteiger charge is -2.12. The number of ether oxygens (including phenoxy) is 1. The lowest BCUT2D eigenvalue weighted by atomic mass is 10.2. The molecule has 1 fully saturated rings. The number of aryl methyl sites for hydroxylation is 1. The van der Waals surface area contributed by atoms with E-state index < -0.39 is 29.7 Å². The Kier molecular flexibility index (Phi) is 3.08. The molecule has 10 heteroatoms. The molecule has 3 heterocycles. The van der Waals surface area contributed by atoms with Gasteiger partial charge in [-0.15, -0.1) is 0 Å². The Labute approximate surface area is 117 Å². The van der Waals surface area contributed by atoms with E-state index in [-0.39, 0.29) is 30.1 Å². The number of aromatic nitrogens is 4. The lowest BCUT2D eigenvalue weighted by molar-refractivity contribution is -0.0443. The number of nitrogens with zero attached hydrogens (tertiary/aromatic N) is 3. The molecule has 21 heavy (non-hydrogen) atoms. The van der Waals surface area contributed by atoms with E-state index in [1.807, 2.05) is 0 Å². The van der Waals surface area contributed by atoms with Gasteiger partial charge in [0.1, 0.15) is 12.3 Å². The van der Waals surface area contributed by atoms with Gasteiger partial charge in [0.25, 0.3) is 5.56 Å². The fourth-order valence-electron chi connectivity index (χ4n) is 2.59. The van der Waals surface area contributed by atoms with Crippen molar-refractivity contribution in [2.24, 2.45) is 7.05 Å². The standard InChI is InChI=1S/C11H15N5O5/c1-15-7-8(13-10(12)14-9(7)19)16(11(15)20)6-2-4(18)5(3-17)21-6/h4-6,17-18H,2-3H2,1H3,(H3,12,13,14,19). The van der Waals surface area contributed by atoms with Gasteiger partial charge in [0.2, 0.25) is 5.95 Å². The SMILES string of the molecule is Cn1c(=O)n(C2CC(O)C(CO)O2)c2nc(N)[nH]c(=O)c21. The molecule has 0 saturated carbocycles. The van der Waals surface area contributed by atoms with Crippen LogP contribution in [0.3, 0.4) is 0 Å². The molecule has 1 saturated heterocycles. The Morgan fingerprint density at radius 1 is 1.52 bits per heavy atom. The summed E-state index contributed by atoms with van der Waals surface area (Å²) in [6.07, 6.45) is -2.39. The van der Waals surface area contributed by atoms with Gasteiger partial charge < -0.3 is 20.7 Å². The number of nitrogens with two attached hydrogens (primary N) is 1. The highest BCUT2D eigenvalue weighted by atomic mass is 16.5. The normalized spacial score (nSPS) is 25.8. The van der Waals surface area contributed by atoms with Crippen molar-refractivity contribution in [1.82, 2.24) is 19.1 Å². The van der Waals surface area contributed by atoms with E-state index in [0.717, 1.165) is 4.57 Å². The minimum absolute atomic E-state index is 0.0692. The first-order valence-electron chi connectivity index (χ1n) is 6.35. The Morgan fingerprint density at radius 3 is 2.86 bits per heavy atom. The Morgan fingerprint density at radius 2 is 2.24 bits per heavy atom. The molecule has 1 aliphatic heterocycles. The summed E-state index contributed by atoms with van der Waals surface area (Å²) in [7, 11) is 1.43. The molecule has 5 N–H and O–H groups in total. The van der Waals surface area contributed by atoms with Crippen LogP contribution in [0.1, 0.15) is 12.6 Å². The number of nitrogen functional groups attached to an aromatic ring is 1. The molecule has 2 aromatic heterocycles. The summed E-state index contributed by atoms with van der Waals surface area (Å²) < 4.78 is 7.76. The molecule has 114 valence electrons. The van der Waals surface area contributed by atoms with Gasteiger partial charge in [-0.25, -0.2) is 9.36 Å². The first kappa shape index (κ1) is 13.8. The van der Waals surface area contributed by atoms with Gasteiger partial charge in [0.05, 0.1) is 12.7 Å². The van der Waals surface area contributed by atoms with Crippen molar-refractivity contribution in [2.75, 3.05) is 12.3 Å². The largest absolute Gasteiger partial charge is 0.394 e. The van der Waals surface area contributed by atoms with E-state index in [2.05, 4.69) is 9.97 Å². The number of hydrogen-bond acceptors (Lipinski definition) is 7. The van der Waals surface area contributed by atoms with E-state index in [1.54, 1.807) is 0 Å². The first-order valence-corrected chi connectivity index (χ1v) is 6.35. The highest BCUT2D eigenvalue weighted by Gasteiger charge is 2.37. The van der Waals surface area contributed by atoms with Crippen molar-refractivity contribution in [1.29, 1.82) is 0 Å². The van der Waals surface area contributed by atoms with Crippen LogP contribution < -0.4 is 17.0 Å². The number of anilines is 1.